The molecule has 3 nitrogen and oxygen atoms in total. The zero-order valence-corrected chi connectivity index (χ0v) is 11.9. The van der Waals surface area contributed by atoms with Crippen LogP contribution in [-0.2, 0) is 11.3 Å². The molecule has 2 rings (SSSR count). The number of rotatable bonds is 3. The maximum Gasteiger partial charge on any atom is 0.224 e. The fourth-order valence-electron chi connectivity index (χ4n) is 1.64. The van der Waals surface area contributed by atoms with Gasteiger partial charge in [-0.1, -0.05) is 0 Å². The summed E-state index contributed by atoms with van der Waals surface area (Å²) in [7, 11) is 0. The first-order chi connectivity index (χ1) is 7.25. The Hall–Kier alpha value is -0.100. The van der Waals surface area contributed by atoms with Gasteiger partial charge in [0.2, 0.25) is 5.91 Å². The molecule has 1 atom stereocenters. The molecule has 0 saturated carbocycles. The van der Waals surface area contributed by atoms with E-state index >= 15 is 0 Å². The topological polar surface area (TPSA) is 41.1 Å². The lowest BCUT2D eigenvalue weighted by Gasteiger charge is -2.08. The summed E-state index contributed by atoms with van der Waals surface area (Å²) >= 11 is 5.05. The first kappa shape index (κ1) is 14.0. The van der Waals surface area contributed by atoms with E-state index < -0.39 is 0 Å². The van der Waals surface area contributed by atoms with Crippen molar-refractivity contribution >= 4 is 45.6 Å². The van der Waals surface area contributed by atoms with Gasteiger partial charge in [-0.15, -0.1) is 23.7 Å². The highest BCUT2D eigenvalue weighted by Crippen LogP contribution is 2.19. The summed E-state index contributed by atoms with van der Waals surface area (Å²) in [6.07, 6.45) is 0.958. The molecular formula is C10H14BrClN2OS. The van der Waals surface area contributed by atoms with Crippen LogP contribution in [0.25, 0.3) is 0 Å². The highest BCUT2D eigenvalue weighted by Gasteiger charge is 2.21. The Balaban J connectivity index is 0.00000128. The molecular weight excluding hydrogens is 312 g/mol. The summed E-state index contributed by atoms with van der Waals surface area (Å²) in [4.78, 5) is 12.8. The largest absolute Gasteiger partial charge is 0.351 e. The molecule has 1 aromatic rings. The molecule has 1 amide bonds. The number of carbonyl (C=O) groups is 1. The number of thiophene rings is 1. The molecule has 1 saturated heterocycles. The number of amides is 1. The highest BCUT2D eigenvalue weighted by atomic mass is 79.9. The third-order valence-electron chi connectivity index (χ3n) is 2.49. The number of hydrogen-bond acceptors (Lipinski definition) is 3. The van der Waals surface area contributed by atoms with Gasteiger partial charge in [-0.2, -0.15) is 0 Å². The number of hydrogen-bond donors (Lipinski definition) is 2. The van der Waals surface area contributed by atoms with Gasteiger partial charge in [-0.3, -0.25) is 4.79 Å². The molecule has 0 unspecified atom stereocenters. The van der Waals surface area contributed by atoms with E-state index in [1.165, 1.54) is 4.88 Å². The van der Waals surface area contributed by atoms with Gasteiger partial charge in [0.05, 0.1) is 12.5 Å². The first-order valence-corrected chi connectivity index (χ1v) is 6.64. The molecule has 0 spiro atoms. The van der Waals surface area contributed by atoms with Crippen LogP contribution in [0.1, 0.15) is 11.3 Å². The summed E-state index contributed by atoms with van der Waals surface area (Å²) in [5, 5.41) is 8.18. The molecule has 0 radical (unpaired) electrons. The smallest absolute Gasteiger partial charge is 0.224 e. The van der Waals surface area contributed by atoms with E-state index in [0.717, 1.165) is 24.0 Å². The molecule has 16 heavy (non-hydrogen) atoms. The quantitative estimate of drug-likeness (QED) is 0.894. The van der Waals surface area contributed by atoms with Crippen molar-refractivity contribution in [2.24, 2.45) is 5.92 Å². The average molecular weight is 326 g/mol. The van der Waals surface area contributed by atoms with Gasteiger partial charge in [0.25, 0.3) is 0 Å². The van der Waals surface area contributed by atoms with Gasteiger partial charge >= 0.3 is 0 Å². The van der Waals surface area contributed by atoms with Crippen LogP contribution in [0.4, 0.5) is 0 Å². The van der Waals surface area contributed by atoms with Crippen molar-refractivity contribution in [1.29, 1.82) is 0 Å². The molecule has 6 heteroatoms. The van der Waals surface area contributed by atoms with E-state index in [-0.39, 0.29) is 24.2 Å². The van der Waals surface area contributed by atoms with Gasteiger partial charge in [0.15, 0.2) is 0 Å². The minimum Gasteiger partial charge on any atom is -0.351 e. The Kier molecular flexibility index (Phi) is 5.75. The van der Waals surface area contributed by atoms with Gasteiger partial charge < -0.3 is 10.6 Å². The first-order valence-electron chi connectivity index (χ1n) is 4.97. The molecule has 1 aromatic heterocycles. The average Bonchev–Trinajstić information content (AvgIpc) is 2.84. The number of carbonyl (C=O) groups excluding carboxylic acids is 1. The fraction of sp³-hybridized carbons (Fsp3) is 0.500. The summed E-state index contributed by atoms with van der Waals surface area (Å²) < 4.78 is 1.08. The second-order valence-electron chi connectivity index (χ2n) is 3.64. The standard InChI is InChI=1S/C10H13BrN2OS.ClH/c11-8-3-9(15-6-8)5-13-10(14)7-1-2-12-4-7;/h3,6-7,12H,1-2,4-5H2,(H,13,14);1H/t7-;/m0./s1. The molecule has 90 valence electrons. The zero-order valence-electron chi connectivity index (χ0n) is 8.66. The molecule has 0 bridgehead atoms. The van der Waals surface area contributed by atoms with Crippen molar-refractivity contribution in [3.05, 3.63) is 20.8 Å². The molecule has 0 aromatic carbocycles. The Morgan fingerprint density at radius 1 is 1.69 bits per heavy atom. The Bertz CT molecular complexity index is 352. The van der Waals surface area contributed by atoms with Crippen molar-refractivity contribution < 1.29 is 4.79 Å². The number of nitrogens with one attached hydrogen (secondary N) is 2. The van der Waals surface area contributed by atoms with Crippen LogP contribution in [0, 0.1) is 5.92 Å². The van der Waals surface area contributed by atoms with Crippen LogP contribution in [-0.4, -0.2) is 19.0 Å². The summed E-state index contributed by atoms with van der Waals surface area (Å²) in [6, 6.07) is 2.04. The van der Waals surface area contributed by atoms with Gasteiger partial charge in [0.1, 0.15) is 0 Å². The minimum atomic E-state index is 0. The SMILES string of the molecule is Cl.O=C(NCc1cc(Br)cs1)[C@H]1CCNC1. The van der Waals surface area contributed by atoms with Gasteiger partial charge in [-0.25, -0.2) is 0 Å². The van der Waals surface area contributed by atoms with Crippen molar-refractivity contribution in [1.82, 2.24) is 10.6 Å². The third-order valence-corrected chi connectivity index (χ3v) is 4.19. The fourth-order valence-corrected chi connectivity index (χ4v) is 3.03. The molecule has 1 aliphatic heterocycles. The normalized spacial score (nSPS) is 19.2. The molecule has 2 N–H and O–H groups in total. The predicted molar refractivity (Wildman–Crippen MR) is 72.1 cm³/mol. The molecule has 1 fully saturated rings. The summed E-state index contributed by atoms with van der Waals surface area (Å²) in [6.45, 7) is 2.42. The van der Waals surface area contributed by atoms with E-state index in [1.807, 2.05) is 11.4 Å². The van der Waals surface area contributed by atoms with E-state index in [4.69, 9.17) is 0 Å². The third kappa shape index (κ3) is 3.73. The maximum absolute atomic E-state index is 11.7. The van der Waals surface area contributed by atoms with Crippen LogP contribution in [0.5, 0.6) is 0 Å². The van der Waals surface area contributed by atoms with Crippen molar-refractivity contribution in [3.8, 4) is 0 Å². The Morgan fingerprint density at radius 2 is 2.50 bits per heavy atom. The maximum atomic E-state index is 11.7. The second kappa shape index (κ2) is 6.59. The van der Waals surface area contributed by atoms with Gasteiger partial charge in [0, 0.05) is 21.3 Å². The Morgan fingerprint density at radius 3 is 3.06 bits per heavy atom. The van der Waals surface area contributed by atoms with Crippen molar-refractivity contribution in [2.45, 2.75) is 13.0 Å². The summed E-state index contributed by atoms with van der Waals surface area (Å²) in [5.74, 6) is 0.331. The predicted octanol–water partition coefficient (Wildman–Crippen LogP) is 2.16. The monoisotopic (exact) mass is 324 g/mol. The Labute approximate surface area is 114 Å². The van der Waals surface area contributed by atoms with E-state index in [0.29, 0.717) is 6.54 Å². The molecule has 0 aliphatic carbocycles. The van der Waals surface area contributed by atoms with Crippen molar-refractivity contribution in [3.63, 3.8) is 0 Å². The van der Waals surface area contributed by atoms with E-state index in [1.54, 1.807) is 11.3 Å². The van der Waals surface area contributed by atoms with E-state index in [9.17, 15) is 4.79 Å². The van der Waals surface area contributed by atoms with E-state index in [2.05, 4.69) is 26.6 Å². The van der Waals surface area contributed by atoms with Crippen LogP contribution >= 0.6 is 39.7 Å². The highest BCUT2D eigenvalue weighted by molar-refractivity contribution is 9.10. The van der Waals surface area contributed by atoms with Crippen LogP contribution < -0.4 is 10.6 Å². The second-order valence-corrected chi connectivity index (χ2v) is 5.55. The van der Waals surface area contributed by atoms with Gasteiger partial charge in [-0.05, 0) is 35.0 Å². The zero-order chi connectivity index (χ0) is 10.7. The van der Waals surface area contributed by atoms with Crippen LogP contribution in [0.15, 0.2) is 15.9 Å². The lowest BCUT2D eigenvalue weighted by molar-refractivity contribution is -0.124. The molecule has 1 aliphatic rings. The van der Waals surface area contributed by atoms with Crippen LogP contribution in [0.3, 0.4) is 0 Å². The minimum absolute atomic E-state index is 0. The van der Waals surface area contributed by atoms with Crippen LogP contribution in [0.2, 0.25) is 0 Å². The lowest BCUT2D eigenvalue weighted by atomic mass is 10.1. The summed E-state index contributed by atoms with van der Waals surface area (Å²) in [5.41, 5.74) is 0. The number of halogens is 2. The lowest BCUT2D eigenvalue weighted by Crippen LogP contribution is -2.31. The molecule has 2 heterocycles. The van der Waals surface area contributed by atoms with Crippen molar-refractivity contribution in [2.75, 3.05) is 13.1 Å².